The zero-order chi connectivity index (χ0) is 23.8. The lowest BCUT2D eigenvalue weighted by atomic mass is 9.85. The summed E-state index contributed by atoms with van der Waals surface area (Å²) in [4.78, 5) is 13.7. The first-order valence-corrected chi connectivity index (χ1v) is 13.8. The molecule has 1 aliphatic carbocycles. The number of aromatic hydroxyl groups is 1. The molecule has 2 heterocycles. The molecule has 0 saturated carbocycles. The molecule has 0 bridgehead atoms. The van der Waals surface area contributed by atoms with E-state index >= 15 is 0 Å². The predicted octanol–water partition coefficient (Wildman–Crippen LogP) is 7.05. The van der Waals surface area contributed by atoms with E-state index in [2.05, 4.69) is 56.4 Å². The fraction of sp³-hybridized carbons (Fsp3) is 0.423. The summed E-state index contributed by atoms with van der Waals surface area (Å²) in [6, 6.07) is 3.81. The predicted molar refractivity (Wildman–Crippen MR) is 152 cm³/mol. The highest BCUT2D eigenvalue weighted by atomic mass is 79.9. The van der Waals surface area contributed by atoms with Crippen LogP contribution in [0, 0.1) is 0 Å². The Kier molecular flexibility index (Phi) is 12.6. The number of phenols is 1. The fourth-order valence-corrected chi connectivity index (χ4v) is 5.50. The number of allylic oxidation sites excluding steroid dienone is 2. The second-order valence-electron chi connectivity index (χ2n) is 7.74. The molecular formula is C26H36Br2N2O2S. The number of aryl methyl sites for hydroxylation is 1. The van der Waals surface area contributed by atoms with E-state index in [4.69, 9.17) is 0 Å². The zero-order valence-corrected chi connectivity index (χ0v) is 23.0. The molecule has 4 rings (SSSR count). The smallest absolute Gasteiger partial charge is 0.219 e. The molecule has 33 heavy (non-hydrogen) atoms. The van der Waals surface area contributed by atoms with Crippen LogP contribution in [-0.4, -0.2) is 47.6 Å². The van der Waals surface area contributed by atoms with Crippen LogP contribution in [0.3, 0.4) is 0 Å². The number of rotatable bonds is 0. The average Bonchev–Trinajstić information content (AvgIpc) is 2.92. The molecule has 0 radical (unpaired) electrons. The molecule has 1 unspecified atom stereocenters. The Morgan fingerprint density at radius 3 is 2.33 bits per heavy atom. The van der Waals surface area contributed by atoms with Crippen LogP contribution in [0.4, 0.5) is 0 Å². The van der Waals surface area contributed by atoms with Crippen molar-refractivity contribution >= 4 is 55.1 Å². The van der Waals surface area contributed by atoms with Gasteiger partial charge in [0.15, 0.2) is 0 Å². The molecule has 1 aromatic carbocycles. The van der Waals surface area contributed by atoms with Gasteiger partial charge in [0.2, 0.25) is 5.91 Å². The molecule has 182 valence electrons. The summed E-state index contributed by atoms with van der Waals surface area (Å²) >= 11 is 9.05. The minimum Gasteiger partial charge on any atom is -0.508 e. The van der Waals surface area contributed by atoms with Crippen molar-refractivity contribution < 1.29 is 9.90 Å². The number of benzene rings is 1. The summed E-state index contributed by atoms with van der Waals surface area (Å²) in [6.07, 6.45) is 11.9. The van der Waals surface area contributed by atoms with E-state index in [0.717, 1.165) is 47.7 Å². The van der Waals surface area contributed by atoms with Crippen molar-refractivity contribution in [2.24, 2.45) is 0 Å². The third-order valence-corrected chi connectivity index (χ3v) is 6.76. The van der Waals surface area contributed by atoms with E-state index in [1.54, 1.807) is 24.8 Å². The minimum absolute atomic E-state index is 0. The molecule has 2 aliphatic heterocycles. The molecule has 1 amide bonds. The molecule has 0 spiro atoms. The lowest BCUT2D eigenvalue weighted by Crippen LogP contribution is -2.36. The number of thioether (sulfide) groups is 1. The Balaban J connectivity index is 0.000000841. The van der Waals surface area contributed by atoms with Crippen molar-refractivity contribution in [3.8, 4) is 5.75 Å². The minimum atomic E-state index is 0. The van der Waals surface area contributed by atoms with Crippen molar-refractivity contribution in [2.75, 3.05) is 25.6 Å². The van der Waals surface area contributed by atoms with Crippen molar-refractivity contribution in [2.45, 2.75) is 46.1 Å². The first-order valence-electron chi connectivity index (χ1n) is 10.6. The molecule has 1 saturated heterocycles. The second-order valence-corrected chi connectivity index (χ2v) is 10.3. The summed E-state index contributed by atoms with van der Waals surface area (Å²) < 4.78 is 1.99. The van der Waals surface area contributed by atoms with Crippen LogP contribution in [0.1, 0.15) is 44.7 Å². The molecule has 1 atom stereocenters. The number of fused-ring (bicyclic) bond motifs is 2. The van der Waals surface area contributed by atoms with E-state index < -0.39 is 0 Å². The summed E-state index contributed by atoms with van der Waals surface area (Å²) in [5.74, 6) is 0.442. The van der Waals surface area contributed by atoms with Crippen LogP contribution >= 0.6 is 43.6 Å². The third kappa shape index (κ3) is 7.27. The van der Waals surface area contributed by atoms with Crippen LogP contribution in [0.5, 0.6) is 5.75 Å². The highest BCUT2D eigenvalue weighted by Crippen LogP contribution is 2.44. The number of carbonyl (C=O) groups is 1. The molecule has 7 heteroatoms. The summed E-state index contributed by atoms with van der Waals surface area (Å²) in [5, 5.41) is 13.7. The average molecular weight is 600 g/mol. The van der Waals surface area contributed by atoms with E-state index in [1.807, 2.05) is 29.7 Å². The number of carbonyl (C=O) groups excluding carboxylic acids is 1. The van der Waals surface area contributed by atoms with Gasteiger partial charge < -0.3 is 15.3 Å². The van der Waals surface area contributed by atoms with Crippen LogP contribution in [0.15, 0.2) is 57.7 Å². The lowest BCUT2D eigenvalue weighted by molar-refractivity contribution is -0.129. The molecule has 3 aliphatic rings. The molecule has 1 aromatic rings. The van der Waals surface area contributed by atoms with E-state index in [9.17, 15) is 9.90 Å². The number of halogens is 2. The largest absolute Gasteiger partial charge is 0.508 e. The Morgan fingerprint density at radius 2 is 1.76 bits per heavy atom. The second kappa shape index (κ2) is 14.1. The standard InChI is InChI=1S/C21H22Br2N2O2.C2H6S.C2H4.CH4/c1-12(26)25-6-4-13(5-7-25)20-19-14(9-17(27)10-18(19)23)2-3-15-8-16(22)11-24-21(15)20;1-3-2;1-2;/h8-11,21,24,27H,2-7H2,1H3;1-2H3;1-2H2;1H4. The van der Waals surface area contributed by atoms with Crippen LogP contribution in [-0.2, 0) is 11.2 Å². The van der Waals surface area contributed by atoms with E-state index in [-0.39, 0.29) is 19.4 Å². The number of nitrogens with one attached hydrogen (secondary N) is 1. The van der Waals surface area contributed by atoms with Gasteiger partial charge in [-0.15, -0.1) is 13.2 Å². The first-order chi connectivity index (χ1) is 15.3. The van der Waals surface area contributed by atoms with Gasteiger partial charge in [-0.3, -0.25) is 4.79 Å². The maximum atomic E-state index is 11.7. The van der Waals surface area contributed by atoms with Crippen molar-refractivity contribution in [1.29, 1.82) is 0 Å². The number of likely N-dealkylation sites (tertiary alicyclic amines) is 1. The monoisotopic (exact) mass is 598 g/mol. The molecule has 4 nitrogen and oxygen atoms in total. The van der Waals surface area contributed by atoms with Crippen LogP contribution in [0.25, 0.3) is 5.57 Å². The molecule has 0 aromatic heterocycles. The van der Waals surface area contributed by atoms with Crippen molar-refractivity contribution in [1.82, 2.24) is 10.2 Å². The number of hydrogen-bond donors (Lipinski definition) is 2. The van der Waals surface area contributed by atoms with Crippen molar-refractivity contribution in [3.63, 3.8) is 0 Å². The number of nitrogens with zero attached hydrogens (tertiary/aromatic N) is 1. The number of dihydropyridines is 1. The Morgan fingerprint density at radius 1 is 1.15 bits per heavy atom. The lowest BCUT2D eigenvalue weighted by Gasteiger charge is -2.33. The van der Waals surface area contributed by atoms with Gasteiger partial charge in [0.05, 0.1) is 6.04 Å². The van der Waals surface area contributed by atoms with E-state index in [1.165, 1.54) is 27.8 Å². The molecule has 1 fully saturated rings. The highest BCUT2D eigenvalue weighted by molar-refractivity contribution is 9.12. The van der Waals surface area contributed by atoms with Gasteiger partial charge in [-0.1, -0.05) is 28.9 Å². The Labute approximate surface area is 220 Å². The van der Waals surface area contributed by atoms with E-state index in [0.29, 0.717) is 5.75 Å². The van der Waals surface area contributed by atoms with Gasteiger partial charge >= 0.3 is 0 Å². The summed E-state index contributed by atoms with van der Waals surface area (Å²) in [6.45, 7) is 9.18. The van der Waals surface area contributed by atoms with Gasteiger partial charge in [-0.2, -0.15) is 11.8 Å². The van der Waals surface area contributed by atoms with Crippen LogP contribution < -0.4 is 5.32 Å². The number of phenolic OH excluding ortho intramolecular Hbond substituents is 1. The number of piperidine rings is 1. The van der Waals surface area contributed by atoms with Gasteiger partial charge in [-0.25, -0.2) is 0 Å². The Bertz CT molecular complexity index is 930. The van der Waals surface area contributed by atoms with Gasteiger partial charge in [-0.05, 0) is 94.6 Å². The van der Waals surface area contributed by atoms with Crippen LogP contribution in [0.2, 0.25) is 0 Å². The first kappa shape index (κ1) is 29.6. The highest BCUT2D eigenvalue weighted by Gasteiger charge is 2.32. The normalized spacial score (nSPS) is 18.8. The SMILES string of the molecule is C.C=C.CC(=O)N1CCC(=C2c3c(Br)cc(O)cc3CCC3=CC(Br)=CNC32)CC1.CSC. The van der Waals surface area contributed by atoms with Gasteiger partial charge in [0, 0.05) is 35.2 Å². The summed E-state index contributed by atoms with van der Waals surface area (Å²) in [5.41, 5.74) is 6.43. The topological polar surface area (TPSA) is 52.6 Å². The number of hydrogen-bond acceptors (Lipinski definition) is 4. The van der Waals surface area contributed by atoms with Gasteiger partial charge in [0.25, 0.3) is 0 Å². The summed E-state index contributed by atoms with van der Waals surface area (Å²) in [7, 11) is 0. The fourth-order valence-electron chi connectivity index (χ4n) is 4.37. The number of amides is 1. The van der Waals surface area contributed by atoms with Crippen molar-refractivity contribution in [3.05, 3.63) is 68.8 Å². The third-order valence-electron chi connectivity index (χ3n) is 5.67. The maximum Gasteiger partial charge on any atom is 0.219 e. The molecular weight excluding hydrogens is 564 g/mol. The zero-order valence-electron chi connectivity index (χ0n) is 19.0. The maximum absolute atomic E-state index is 11.7. The quantitative estimate of drug-likeness (QED) is 0.314. The Hall–Kier alpha value is -1.44. The molecule has 2 N–H and O–H groups in total. The van der Waals surface area contributed by atoms with Gasteiger partial charge in [0.1, 0.15) is 5.75 Å².